The molecule has 0 spiro atoms. The fourth-order valence-corrected chi connectivity index (χ4v) is 3.29. The van der Waals surface area contributed by atoms with Crippen molar-refractivity contribution in [2.24, 2.45) is 0 Å². The standard InChI is InChI=1S/C18H14N4O3S/c1-21(11-13-9-15(20-25-13)12-5-3-2-4-6-12)16(23)14-10-19-18-22(17(14)24)7-8-26-18/h2-10H,11H2,1H3. The second-order valence-electron chi connectivity index (χ2n) is 5.74. The van der Waals surface area contributed by atoms with Crippen molar-refractivity contribution in [2.75, 3.05) is 7.05 Å². The number of hydrogen-bond donors (Lipinski definition) is 0. The lowest BCUT2D eigenvalue weighted by atomic mass is 10.1. The monoisotopic (exact) mass is 366 g/mol. The Hall–Kier alpha value is -3.26. The Balaban J connectivity index is 1.55. The van der Waals surface area contributed by atoms with Crippen molar-refractivity contribution in [1.29, 1.82) is 0 Å². The Morgan fingerprint density at radius 1 is 1.31 bits per heavy atom. The Bertz CT molecular complexity index is 1130. The molecule has 0 unspecified atom stereocenters. The summed E-state index contributed by atoms with van der Waals surface area (Å²) in [5, 5.41) is 5.78. The van der Waals surface area contributed by atoms with Gasteiger partial charge in [0.2, 0.25) is 0 Å². The number of thiazole rings is 1. The number of carbonyl (C=O) groups excluding carboxylic acids is 1. The number of amides is 1. The zero-order valence-electron chi connectivity index (χ0n) is 13.8. The molecule has 0 aliphatic rings. The molecule has 0 fully saturated rings. The van der Waals surface area contributed by atoms with Gasteiger partial charge in [0, 0.05) is 36.5 Å². The van der Waals surface area contributed by atoms with Gasteiger partial charge in [-0.3, -0.25) is 14.0 Å². The SMILES string of the molecule is CN(Cc1cc(-c2ccccc2)no1)C(=O)c1cnc2sccn2c1=O. The highest BCUT2D eigenvalue weighted by Gasteiger charge is 2.19. The number of carbonyl (C=O) groups is 1. The van der Waals surface area contributed by atoms with Crippen molar-refractivity contribution in [2.45, 2.75) is 6.54 Å². The smallest absolute Gasteiger partial charge is 0.271 e. The van der Waals surface area contributed by atoms with Crippen LogP contribution in [0.2, 0.25) is 0 Å². The molecule has 0 aliphatic carbocycles. The first-order valence-corrected chi connectivity index (χ1v) is 8.73. The molecule has 26 heavy (non-hydrogen) atoms. The van der Waals surface area contributed by atoms with E-state index in [4.69, 9.17) is 4.52 Å². The van der Waals surface area contributed by atoms with Gasteiger partial charge in [0.25, 0.3) is 11.5 Å². The molecule has 0 N–H and O–H groups in total. The first kappa shape index (κ1) is 16.2. The van der Waals surface area contributed by atoms with Crippen molar-refractivity contribution in [3.05, 3.63) is 75.8 Å². The third-order valence-electron chi connectivity index (χ3n) is 3.94. The van der Waals surface area contributed by atoms with Gasteiger partial charge in [0.15, 0.2) is 10.7 Å². The average Bonchev–Trinajstić information content (AvgIpc) is 3.32. The van der Waals surface area contributed by atoms with Crippen LogP contribution in [0.4, 0.5) is 0 Å². The highest BCUT2D eigenvalue weighted by atomic mass is 32.1. The van der Waals surface area contributed by atoms with E-state index in [0.29, 0.717) is 16.4 Å². The number of hydrogen-bond acceptors (Lipinski definition) is 6. The van der Waals surface area contributed by atoms with Crippen LogP contribution in [0.5, 0.6) is 0 Å². The summed E-state index contributed by atoms with van der Waals surface area (Å²) in [6, 6.07) is 11.4. The van der Waals surface area contributed by atoms with Gasteiger partial charge in [-0.1, -0.05) is 35.5 Å². The van der Waals surface area contributed by atoms with Crippen LogP contribution in [0.25, 0.3) is 16.2 Å². The van der Waals surface area contributed by atoms with Gasteiger partial charge >= 0.3 is 0 Å². The lowest BCUT2D eigenvalue weighted by Crippen LogP contribution is -2.32. The highest BCUT2D eigenvalue weighted by molar-refractivity contribution is 7.15. The predicted octanol–water partition coefficient (Wildman–Crippen LogP) is 2.68. The second-order valence-corrected chi connectivity index (χ2v) is 6.61. The molecule has 4 aromatic rings. The van der Waals surface area contributed by atoms with Crippen molar-refractivity contribution in [3.63, 3.8) is 0 Å². The molecule has 3 heterocycles. The maximum atomic E-state index is 12.6. The summed E-state index contributed by atoms with van der Waals surface area (Å²) in [4.78, 5) is 31.2. The van der Waals surface area contributed by atoms with Crippen LogP contribution in [0.1, 0.15) is 16.1 Å². The summed E-state index contributed by atoms with van der Waals surface area (Å²) >= 11 is 1.34. The molecular formula is C18H14N4O3S. The molecule has 1 aromatic carbocycles. The topological polar surface area (TPSA) is 80.7 Å². The minimum Gasteiger partial charge on any atom is -0.359 e. The van der Waals surface area contributed by atoms with E-state index in [-0.39, 0.29) is 17.7 Å². The van der Waals surface area contributed by atoms with Crippen molar-refractivity contribution in [1.82, 2.24) is 19.4 Å². The van der Waals surface area contributed by atoms with Crippen molar-refractivity contribution < 1.29 is 9.32 Å². The van der Waals surface area contributed by atoms with E-state index in [9.17, 15) is 9.59 Å². The summed E-state index contributed by atoms with van der Waals surface area (Å²) in [6.07, 6.45) is 2.93. The molecule has 3 aromatic heterocycles. The summed E-state index contributed by atoms with van der Waals surface area (Å²) < 4.78 is 6.69. The van der Waals surface area contributed by atoms with Crippen LogP contribution in [0.15, 0.2) is 63.5 Å². The van der Waals surface area contributed by atoms with Gasteiger partial charge in [0.05, 0.1) is 6.54 Å². The van der Waals surface area contributed by atoms with E-state index in [0.717, 1.165) is 5.56 Å². The van der Waals surface area contributed by atoms with E-state index < -0.39 is 5.91 Å². The third-order valence-corrected chi connectivity index (χ3v) is 4.71. The molecule has 7 nitrogen and oxygen atoms in total. The van der Waals surface area contributed by atoms with Gasteiger partial charge in [-0.25, -0.2) is 4.98 Å². The van der Waals surface area contributed by atoms with Crippen molar-refractivity contribution >= 4 is 22.2 Å². The fraction of sp³-hybridized carbons (Fsp3) is 0.111. The lowest BCUT2D eigenvalue weighted by molar-refractivity contribution is 0.0770. The molecule has 0 aliphatic heterocycles. The van der Waals surface area contributed by atoms with E-state index in [2.05, 4.69) is 10.1 Å². The first-order valence-electron chi connectivity index (χ1n) is 7.85. The van der Waals surface area contributed by atoms with Crippen LogP contribution in [0, 0.1) is 0 Å². The van der Waals surface area contributed by atoms with E-state index in [1.54, 1.807) is 24.7 Å². The highest BCUT2D eigenvalue weighted by Crippen LogP contribution is 2.19. The van der Waals surface area contributed by atoms with E-state index >= 15 is 0 Å². The number of rotatable bonds is 4. The molecule has 4 rings (SSSR count). The Labute approximate surface area is 152 Å². The number of nitrogens with zero attached hydrogens (tertiary/aromatic N) is 4. The number of aromatic nitrogens is 3. The van der Waals surface area contributed by atoms with Crippen LogP contribution >= 0.6 is 11.3 Å². The van der Waals surface area contributed by atoms with Gasteiger partial charge in [-0.2, -0.15) is 0 Å². The zero-order valence-corrected chi connectivity index (χ0v) is 14.6. The Kier molecular flexibility index (Phi) is 4.10. The minimum absolute atomic E-state index is 0.0196. The number of benzene rings is 1. The molecular weight excluding hydrogens is 352 g/mol. The van der Waals surface area contributed by atoms with Crippen molar-refractivity contribution in [3.8, 4) is 11.3 Å². The molecule has 130 valence electrons. The summed E-state index contributed by atoms with van der Waals surface area (Å²) in [5.41, 5.74) is 1.27. The third kappa shape index (κ3) is 2.91. The summed E-state index contributed by atoms with van der Waals surface area (Å²) in [5.74, 6) is 0.116. The zero-order chi connectivity index (χ0) is 18.1. The van der Waals surface area contributed by atoms with E-state index in [1.165, 1.54) is 26.8 Å². The summed E-state index contributed by atoms with van der Waals surface area (Å²) in [6.45, 7) is 0.199. The summed E-state index contributed by atoms with van der Waals surface area (Å²) in [7, 11) is 1.61. The van der Waals surface area contributed by atoms with Crippen LogP contribution in [0.3, 0.4) is 0 Å². The molecule has 0 radical (unpaired) electrons. The normalized spacial score (nSPS) is 11.0. The largest absolute Gasteiger partial charge is 0.359 e. The van der Waals surface area contributed by atoms with Gasteiger partial charge in [-0.05, 0) is 0 Å². The van der Waals surface area contributed by atoms with Crippen LogP contribution < -0.4 is 5.56 Å². The maximum absolute atomic E-state index is 12.6. The second kappa shape index (κ2) is 6.57. The fourth-order valence-electron chi connectivity index (χ4n) is 2.61. The van der Waals surface area contributed by atoms with Gasteiger partial charge in [-0.15, -0.1) is 11.3 Å². The average molecular weight is 366 g/mol. The van der Waals surface area contributed by atoms with Gasteiger partial charge < -0.3 is 9.42 Å². The van der Waals surface area contributed by atoms with Gasteiger partial charge in [0.1, 0.15) is 11.3 Å². The molecule has 0 saturated heterocycles. The Morgan fingerprint density at radius 2 is 2.12 bits per heavy atom. The van der Waals surface area contributed by atoms with Crippen LogP contribution in [-0.2, 0) is 6.54 Å². The first-order chi connectivity index (χ1) is 12.6. The quantitative estimate of drug-likeness (QED) is 0.555. The molecule has 0 saturated carbocycles. The minimum atomic E-state index is -0.416. The van der Waals surface area contributed by atoms with E-state index in [1.807, 2.05) is 30.3 Å². The molecule has 0 atom stereocenters. The Morgan fingerprint density at radius 3 is 2.92 bits per heavy atom. The molecule has 0 bridgehead atoms. The number of fused-ring (bicyclic) bond motifs is 1. The molecule has 1 amide bonds. The van der Waals surface area contributed by atoms with Crippen LogP contribution in [-0.4, -0.2) is 32.4 Å². The lowest BCUT2D eigenvalue weighted by Gasteiger charge is -2.14. The molecule has 8 heteroatoms. The maximum Gasteiger partial charge on any atom is 0.271 e. The predicted molar refractivity (Wildman–Crippen MR) is 97.1 cm³/mol.